The second kappa shape index (κ2) is 6.86. The molecule has 11 nitrogen and oxygen atoms in total. The normalized spacial score (nSPS) is 10.3. The van der Waals surface area contributed by atoms with Gasteiger partial charge in [-0.05, 0) is 17.0 Å². The Kier molecular flexibility index (Phi) is 4.86. The molecule has 1 amide bonds. The number of para-hydroxylation sites is 1. The van der Waals surface area contributed by atoms with Crippen LogP contribution in [0.2, 0.25) is 0 Å². The average Bonchev–Trinajstić information content (AvgIpc) is 2.54. The summed E-state index contributed by atoms with van der Waals surface area (Å²) in [5, 5.41) is 20.7. The fraction of sp³-hybridized carbons (Fsp3) is 0.214. The largest absolute Gasteiger partial charge is 0.513 e. The van der Waals surface area contributed by atoms with Crippen LogP contribution >= 0.6 is 0 Å². The summed E-state index contributed by atoms with van der Waals surface area (Å²) in [6, 6.07) is 3.85. The molecule has 0 radical (unpaired) electrons. The third kappa shape index (κ3) is 3.49. The van der Waals surface area contributed by atoms with E-state index in [0.717, 1.165) is 14.0 Å². The lowest BCUT2D eigenvalue weighted by Crippen LogP contribution is -2.47. The molecule has 0 saturated carbocycles. The summed E-state index contributed by atoms with van der Waals surface area (Å²) in [6.45, 7) is 0.0789. The quantitative estimate of drug-likeness (QED) is 0.456. The van der Waals surface area contributed by atoms with Gasteiger partial charge in [-0.1, -0.05) is 6.07 Å². The van der Waals surface area contributed by atoms with Crippen molar-refractivity contribution in [2.75, 3.05) is 18.6 Å². The van der Waals surface area contributed by atoms with Crippen molar-refractivity contribution in [3.63, 3.8) is 0 Å². The molecule has 1 aromatic carbocycles. The van der Waals surface area contributed by atoms with E-state index in [4.69, 9.17) is 14.4 Å². The number of methoxy groups -OCH3 is 1. The minimum absolute atomic E-state index is 0.194. The van der Waals surface area contributed by atoms with Crippen LogP contribution in [0.5, 0.6) is 5.75 Å². The molecule has 2 rings (SSSR count). The number of nitrogens with zero attached hydrogens (tertiary/aromatic N) is 2. The van der Waals surface area contributed by atoms with E-state index in [9.17, 15) is 24.4 Å². The molecule has 2 aromatic rings. The molecule has 132 valence electrons. The number of rotatable bonds is 4. The first kappa shape index (κ1) is 17.7. The third-order valence-electron chi connectivity index (χ3n) is 3.06. The smallest absolute Gasteiger partial charge is 0.478 e. The number of carbonyl (C=O) groups excluding carboxylic acids is 2. The van der Waals surface area contributed by atoms with E-state index < -0.39 is 35.8 Å². The first-order valence-electron chi connectivity index (χ1n) is 6.71. The van der Waals surface area contributed by atoms with Gasteiger partial charge in [0, 0.05) is 6.92 Å². The Morgan fingerprint density at radius 1 is 1.36 bits per heavy atom. The van der Waals surface area contributed by atoms with E-state index in [0.29, 0.717) is 4.90 Å². The number of amides is 1. The van der Waals surface area contributed by atoms with Gasteiger partial charge in [0.2, 0.25) is 0 Å². The van der Waals surface area contributed by atoms with E-state index >= 15 is 0 Å². The Labute approximate surface area is 139 Å². The van der Waals surface area contributed by atoms with E-state index in [-0.39, 0.29) is 21.6 Å². The number of benzene rings is 1. The lowest BCUT2D eigenvalue weighted by atomic mass is 10.2. The molecule has 0 fully saturated rings. The summed E-state index contributed by atoms with van der Waals surface area (Å²) in [6.07, 6.45) is -1.10. The van der Waals surface area contributed by atoms with Crippen LogP contribution in [0, 0.1) is 5.21 Å². The highest BCUT2D eigenvalue weighted by molar-refractivity contribution is 5.96. The van der Waals surface area contributed by atoms with Crippen molar-refractivity contribution in [2.24, 2.45) is 0 Å². The number of carboxylic acids is 1. The van der Waals surface area contributed by atoms with Crippen molar-refractivity contribution in [2.45, 2.75) is 6.92 Å². The summed E-state index contributed by atoms with van der Waals surface area (Å²) >= 11 is 0. The minimum Gasteiger partial charge on any atom is -0.478 e. The summed E-state index contributed by atoms with van der Waals surface area (Å²) in [5.41, 5.74) is -1.33. The van der Waals surface area contributed by atoms with E-state index in [1.54, 1.807) is 0 Å². The molecule has 0 spiro atoms. The highest BCUT2D eigenvalue weighted by atomic mass is 16.7. The molecule has 0 aliphatic carbocycles. The van der Waals surface area contributed by atoms with Crippen LogP contribution in [0.4, 0.5) is 10.6 Å². The van der Waals surface area contributed by atoms with Crippen molar-refractivity contribution in [3.05, 3.63) is 33.6 Å². The Morgan fingerprint density at radius 3 is 2.60 bits per heavy atom. The number of hydrogen-bond donors (Lipinski definition) is 1. The minimum atomic E-state index is -1.43. The number of ether oxygens (including phenoxy) is 2. The second-order valence-corrected chi connectivity index (χ2v) is 4.69. The maximum absolute atomic E-state index is 12.5. The molecule has 0 aliphatic heterocycles. The molecule has 1 heterocycles. The van der Waals surface area contributed by atoms with E-state index in [2.05, 4.69) is 4.74 Å². The molecule has 0 saturated heterocycles. The van der Waals surface area contributed by atoms with Crippen molar-refractivity contribution in [1.82, 2.24) is 0 Å². The monoisotopic (exact) mass is 352 g/mol. The number of aromatic nitrogens is 1. The number of hydrogen-bond acceptors (Lipinski definition) is 8. The first-order chi connectivity index (χ1) is 11.8. The van der Waals surface area contributed by atoms with E-state index in [1.165, 1.54) is 18.2 Å². The van der Waals surface area contributed by atoms with Gasteiger partial charge in [0.15, 0.2) is 12.3 Å². The van der Waals surface area contributed by atoms with Gasteiger partial charge in [-0.25, -0.2) is 14.4 Å². The van der Waals surface area contributed by atoms with Crippen LogP contribution in [0.1, 0.15) is 6.92 Å². The molecule has 0 bridgehead atoms. The highest BCUT2D eigenvalue weighted by Crippen LogP contribution is 2.24. The molecule has 0 aliphatic rings. The van der Waals surface area contributed by atoms with Gasteiger partial charge < -0.3 is 24.3 Å². The van der Waals surface area contributed by atoms with Crippen LogP contribution in [-0.4, -0.2) is 36.8 Å². The fourth-order valence-electron chi connectivity index (χ4n) is 2.02. The molecule has 0 atom stereocenters. The predicted octanol–water partition coefficient (Wildman–Crippen LogP) is 0.00910. The maximum Gasteiger partial charge on any atom is 0.513 e. The molecule has 0 unspecified atom stereocenters. The number of anilines is 1. The van der Waals surface area contributed by atoms with Gasteiger partial charge in [0.25, 0.3) is 5.43 Å². The number of aliphatic carboxylic acids is 1. The van der Waals surface area contributed by atoms with Crippen LogP contribution in [0.3, 0.4) is 0 Å². The molecule has 25 heavy (non-hydrogen) atoms. The SMILES string of the molecule is COC(=O)Oc1cccc2c(=O)c(N(CC(=O)O)C(C)=O)[n+]([O-])oc12. The first-order valence-corrected chi connectivity index (χ1v) is 6.71. The highest BCUT2D eigenvalue weighted by Gasteiger charge is 2.31. The summed E-state index contributed by atoms with van der Waals surface area (Å²) in [5.74, 6) is -3.36. The zero-order chi connectivity index (χ0) is 18.7. The molecular formula is C14H12N2O9. The Bertz CT molecular complexity index is 918. The van der Waals surface area contributed by atoms with Crippen molar-refractivity contribution in [1.29, 1.82) is 0 Å². The Hall–Kier alpha value is -3.63. The van der Waals surface area contributed by atoms with Gasteiger partial charge in [-0.15, -0.1) is 0 Å². The Morgan fingerprint density at radius 2 is 2.04 bits per heavy atom. The van der Waals surface area contributed by atoms with Crippen molar-refractivity contribution < 1.29 is 38.4 Å². The van der Waals surface area contributed by atoms with Gasteiger partial charge in [-0.2, -0.15) is 4.90 Å². The standard InChI is InChI=1S/C14H12N2O9/c1-7(17)15(6-10(18)19)13-11(20)8-4-3-5-9(24-14(21)23-2)12(8)25-16(13)22/h3-5H,6H2,1-2H3,(H,18,19). The van der Waals surface area contributed by atoms with Crippen LogP contribution in [-0.2, 0) is 14.3 Å². The maximum atomic E-state index is 12.5. The zero-order valence-corrected chi connectivity index (χ0v) is 13.0. The van der Waals surface area contributed by atoms with Crippen LogP contribution < -0.4 is 20.0 Å². The second-order valence-electron chi connectivity index (χ2n) is 4.69. The lowest BCUT2D eigenvalue weighted by molar-refractivity contribution is -0.782. The van der Waals surface area contributed by atoms with E-state index in [1.807, 2.05) is 0 Å². The summed E-state index contributed by atoms with van der Waals surface area (Å²) < 4.78 is 14.0. The van der Waals surface area contributed by atoms with Gasteiger partial charge in [-0.3, -0.25) is 4.79 Å². The van der Waals surface area contributed by atoms with Gasteiger partial charge in [0.1, 0.15) is 5.58 Å². The van der Waals surface area contributed by atoms with Gasteiger partial charge >= 0.3 is 23.8 Å². The zero-order valence-electron chi connectivity index (χ0n) is 13.0. The molecule has 1 N–H and O–H groups in total. The van der Waals surface area contributed by atoms with Crippen molar-refractivity contribution in [3.8, 4) is 5.75 Å². The van der Waals surface area contributed by atoms with Crippen molar-refractivity contribution >= 4 is 34.8 Å². The van der Waals surface area contributed by atoms with Crippen LogP contribution in [0.15, 0.2) is 27.5 Å². The van der Waals surface area contributed by atoms with Gasteiger partial charge in [0.05, 0.1) is 12.5 Å². The topological polar surface area (TPSA) is 150 Å². The molecule has 1 aromatic heterocycles. The summed E-state index contributed by atoms with van der Waals surface area (Å²) in [7, 11) is 1.06. The lowest BCUT2D eigenvalue weighted by Gasteiger charge is -2.15. The molecule has 11 heteroatoms. The summed E-state index contributed by atoms with van der Waals surface area (Å²) in [4.78, 5) is 46.4. The predicted molar refractivity (Wildman–Crippen MR) is 80.1 cm³/mol. The Balaban J connectivity index is 2.70. The van der Waals surface area contributed by atoms with Crippen LogP contribution in [0.25, 0.3) is 11.0 Å². The number of carbonyl (C=O) groups is 3. The molecular weight excluding hydrogens is 340 g/mol. The third-order valence-corrected chi connectivity index (χ3v) is 3.06. The fourth-order valence-corrected chi connectivity index (χ4v) is 2.02. The average molecular weight is 352 g/mol. The number of fused-ring (bicyclic) bond motifs is 1. The number of carboxylic acid groups (broad SMARTS) is 1.